The van der Waals surface area contributed by atoms with Gasteiger partial charge in [-0.1, -0.05) is 48.5 Å². The number of thiocarbonyl (C=S) groups is 1. The van der Waals surface area contributed by atoms with Gasteiger partial charge < -0.3 is 20.8 Å². The van der Waals surface area contributed by atoms with E-state index < -0.39 is 0 Å². The molecular formula is C27H24N6OS. The maximum Gasteiger partial charge on any atom is 0.195 e. The Hall–Kier alpha value is -4.30. The number of rotatable bonds is 7. The molecule has 0 aliphatic heterocycles. The molecule has 0 saturated carbocycles. The van der Waals surface area contributed by atoms with Crippen LogP contribution in [0.2, 0.25) is 0 Å². The molecule has 0 bridgehead atoms. The minimum absolute atomic E-state index is 0.454. The van der Waals surface area contributed by atoms with Gasteiger partial charge in [0.2, 0.25) is 0 Å². The van der Waals surface area contributed by atoms with Crippen LogP contribution >= 0.6 is 12.2 Å². The van der Waals surface area contributed by atoms with Crippen LogP contribution in [0.3, 0.4) is 0 Å². The van der Waals surface area contributed by atoms with E-state index in [0.717, 1.165) is 52.9 Å². The third-order valence-corrected chi connectivity index (χ3v) is 5.74. The smallest absolute Gasteiger partial charge is 0.195 e. The van der Waals surface area contributed by atoms with E-state index in [1.54, 1.807) is 0 Å². The van der Waals surface area contributed by atoms with E-state index in [0.29, 0.717) is 22.5 Å². The summed E-state index contributed by atoms with van der Waals surface area (Å²) in [6.45, 7) is 0. The first-order valence-electron chi connectivity index (χ1n) is 11.3. The number of nitrogens with two attached hydrogens (primary N) is 1. The summed E-state index contributed by atoms with van der Waals surface area (Å²) in [6.07, 6.45) is 2.46. The molecule has 0 amide bonds. The minimum atomic E-state index is 0.454. The number of hydrogen-bond acceptors (Lipinski definition) is 6. The molecule has 174 valence electrons. The zero-order valence-electron chi connectivity index (χ0n) is 18.9. The van der Waals surface area contributed by atoms with Gasteiger partial charge in [-0.15, -0.1) is 10.2 Å². The molecule has 4 N–H and O–H groups in total. The van der Waals surface area contributed by atoms with Gasteiger partial charge in [0.15, 0.2) is 22.4 Å². The molecule has 35 heavy (non-hydrogen) atoms. The summed E-state index contributed by atoms with van der Waals surface area (Å²) >= 11 is 5.52. The highest BCUT2D eigenvalue weighted by atomic mass is 32.1. The molecule has 7 nitrogen and oxygen atoms in total. The lowest BCUT2D eigenvalue weighted by Gasteiger charge is -2.13. The van der Waals surface area contributed by atoms with E-state index in [1.165, 1.54) is 0 Å². The quantitative estimate of drug-likeness (QED) is 0.197. The van der Waals surface area contributed by atoms with E-state index in [4.69, 9.17) is 22.4 Å². The van der Waals surface area contributed by atoms with Crippen LogP contribution in [0.1, 0.15) is 17.9 Å². The van der Waals surface area contributed by atoms with E-state index in [2.05, 4.69) is 31.9 Å². The summed E-state index contributed by atoms with van der Waals surface area (Å²) in [7, 11) is 0. The highest BCUT2D eigenvalue weighted by Crippen LogP contribution is 2.22. The molecule has 0 atom stereocenters. The second kappa shape index (κ2) is 10.3. The van der Waals surface area contributed by atoms with Crippen LogP contribution in [0.4, 0.5) is 17.2 Å². The van der Waals surface area contributed by atoms with Crippen LogP contribution in [0.5, 0.6) is 0 Å². The van der Waals surface area contributed by atoms with Gasteiger partial charge in [-0.25, -0.2) is 4.98 Å². The Kier molecular flexibility index (Phi) is 6.63. The summed E-state index contributed by atoms with van der Waals surface area (Å²) in [4.78, 5) is 4.54. The molecular weight excluding hydrogens is 456 g/mol. The Morgan fingerprint density at radius 1 is 0.857 bits per heavy atom. The predicted octanol–water partition coefficient (Wildman–Crippen LogP) is 5.85. The monoisotopic (exact) mass is 480 g/mol. The Labute approximate surface area is 208 Å². The molecule has 0 radical (unpaired) electrons. The predicted molar refractivity (Wildman–Crippen MR) is 144 cm³/mol. The number of fused-ring (bicyclic) bond motifs is 1. The number of oxazole rings is 1. The minimum Gasteiger partial charge on any atom is -0.441 e. The summed E-state index contributed by atoms with van der Waals surface area (Å²) in [5, 5.41) is 15.4. The Morgan fingerprint density at radius 2 is 1.69 bits per heavy atom. The standard InChI is InChI=1S/C27H24N6OS/c28-20-13-15-24-23(17-20)29-26(34-24)12-6-10-18-9-4-5-11-21(18)30-27(35)31-25-16-14-22(32-33-25)19-7-2-1-3-8-19/h1-5,7-9,11,13-17H,6,10,12,28H2,(H2,30,31,33,35). The second-order valence-corrected chi connectivity index (χ2v) is 8.50. The van der Waals surface area contributed by atoms with Crippen molar-refractivity contribution in [2.75, 3.05) is 16.4 Å². The van der Waals surface area contributed by atoms with Crippen LogP contribution < -0.4 is 16.4 Å². The largest absolute Gasteiger partial charge is 0.441 e. The molecule has 3 aromatic carbocycles. The average Bonchev–Trinajstić information content (AvgIpc) is 3.28. The van der Waals surface area contributed by atoms with Gasteiger partial charge in [0.25, 0.3) is 0 Å². The Morgan fingerprint density at radius 3 is 2.51 bits per heavy atom. The summed E-state index contributed by atoms with van der Waals surface area (Å²) in [5.41, 5.74) is 12.0. The van der Waals surface area contributed by atoms with Crippen LogP contribution in [0.25, 0.3) is 22.4 Å². The van der Waals surface area contributed by atoms with Crippen molar-refractivity contribution in [2.24, 2.45) is 0 Å². The number of nitrogens with one attached hydrogen (secondary N) is 2. The van der Waals surface area contributed by atoms with Crippen molar-refractivity contribution in [3.8, 4) is 11.3 Å². The van der Waals surface area contributed by atoms with Crippen LogP contribution in [0.15, 0.2) is 89.3 Å². The maximum absolute atomic E-state index is 5.83. The molecule has 5 rings (SSSR count). The second-order valence-electron chi connectivity index (χ2n) is 8.09. The Bertz CT molecular complexity index is 1450. The van der Waals surface area contributed by atoms with Crippen LogP contribution in [0, 0.1) is 0 Å². The third kappa shape index (κ3) is 5.62. The van der Waals surface area contributed by atoms with Gasteiger partial charge >= 0.3 is 0 Å². The first-order valence-corrected chi connectivity index (χ1v) is 11.7. The lowest BCUT2D eigenvalue weighted by molar-refractivity contribution is 0.519. The highest BCUT2D eigenvalue weighted by molar-refractivity contribution is 7.80. The fourth-order valence-electron chi connectivity index (χ4n) is 3.82. The number of aromatic nitrogens is 3. The van der Waals surface area contributed by atoms with Gasteiger partial charge in [0.05, 0.1) is 5.69 Å². The number of nitrogen functional groups attached to an aromatic ring is 1. The van der Waals surface area contributed by atoms with E-state index >= 15 is 0 Å². The summed E-state index contributed by atoms with van der Waals surface area (Å²) in [5.74, 6) is 1.29. The van der Waals surface area contributed by atoms with Gasteiger partial charge in [-0.2, -0.15) is 0 Å². The number of para-hydroxylation sites is 1. The first kappa shape index (κ1) is 22.5. The van der Waals surface area contributed by atoms with Crippen molar-refractivity contribution in [1.82, 2.24) is 15.2 Å². The molecule has 5 aromatic rings. The fraction of sp³-hybridized carbons (Fsp3) is 0.111. The number of hydrogen-bond donors (Lipinski definition) is 3. The number of anilines is 3. The SMILES string of the molecule is Nc1ccc2oc(CCCc3ccccc3NC(=S)Nc3ccc(-c4ccccc4)nn3)nc2c1. The number of aryl methyl sites for hydroxylation is 2. The van der Waals surface area contributed by atoms with Gasteiger partial charge in [-0.3, -0.25) is 0 Å². The van der Waals surface area contributed by atoms with Crippen LogP contribution in [-0.4, -0.2) is 20.3 Å². The number of nitrogens with zero attached hydrogens (tertiary/aromatic N) is 3. The van der Waals surface area contributed by atoms with E-state index in [9.17, 15) is 0 Å². The third-order valence-electron chi connectivity index (χ3n) is 5.53. The van der Waals surface area contributed by atoms with Crippen molar-refractivity contribution >= 4 is 45.6 Å². The van der Waals surface area contributed by atoms with Crippen LogP contribution in [-0.2, 0) is 12.8 Å². The zero-order valence-corrected chi connectivity index (χ0v) is 19.8. The molecule has 0 aliphatic carbocycles. The topological polar surface area (TPSA) is 102 Å². The van der Waals surface area contributed by atoms with Crippen molar-refractivity contribution in [3.63, 3.8) is 0 Å². The van der Waals surface area contributed by atoms with E-state index in [1.807, 2.05) is 78.9 Å². The normalized spacial score (nSPS) is 10.9. The first-order chi connectivity index (χ1) is 17.1. The van der Waals surface area contributed by atoms with Crippen molar-refractivity contribution < 1.29 is 4.42 Å². The molecule has 2 heterocycles. The summed E-state index contributed by atoms with van der Waals surface area (Å²) < 4.78 is 5.83. The molecule has 0 saturated heterocycles. The molecule has 0 unspecified atom stereocenters. The average molecular weight is 481 g/mol. The van der Waals surface area contributed by atoms with Crippen molar-refractivity contribution in [1.29, 1.82) is 0 Å². The molecule has 0 fully saturated rings. The van der Waals surface area contributed by atoms with Gasteiger partial charge in [-0.05, 0) is 67.0 Å². The van der Waals surface area contributed by atoms with Crippen molar-refractivity contribution in [3.05, 3.63) is 96.4 Å². The molecule has 8 heteroatoms. The molecule has 0 spiro atoms. The zero-order chi connectivity index (χ0) is 24.0. The van der Waals surface area contributed by atoms with E-state index in [-0.39, 0.29) is 0 Å². The number of benzene rings is 3. The lowest BCUT2D eigenvalue weighted by atomic mass is 10.1. The highest BCUT2D eigenvalue weighted by Gasteiger charge is 2.09. The maximum atomic E-state index is 5.83. The lowest BCUT2D eigenvalue weighted by Crippen LogP contribution is -2.20. The van der Waals surface area contributed by atoms with Crippen molar-refractivity contribution in [2.45, 2.75) is 19.3 Å². The molecule has 2 aromatic heterocycles. The Balaban J connectivity index is 1.18. The summed E-state index contributed by atoms with van der Waals surface area (Å²) in [6, 6.07) is 27.3. The van der Waals surface area contributed by atoms with Gasteiger partial charge in [0, 0.05) is 23.4 Å². The van der Waals surface area contributed by atoms with Gasteiger partial charge in [0.1, 0.15) is 5.52 Å². The fourth-order valence-corrected chi connectivity index (χ4v) is 4.04. The molecule has 0 aliphatic rings.